The SMILES string of the molecule is COC(=O)CCC(C)C(=O)N1CC(C)C[C@H]1C(=O)O. The molecule has 0 aromatic heterocycles. The van der Waals surface area contributed by atoms with E-state index >= 15 is 0 Å². The molecule has 0 bridgehead atoms. The highest BCUT2D eigenvalue weighted by molar-refractivity contribution is 5.85. The van der Waals surface area contributed by atoms with Crippen molar-refractivity contribution in [1.29, 1.82) is 0 Å². The van der Waals surface area contributed by atoms with Gasteiger partial charge in [0.1, 0.15) is 6.04 Å². The molecule has 0 aromatic rings. The third-order valence-electron chi connectivity index (χ3n) is 3.51. The van der Waals surface area contributed by atoms with Crippen molar-refractivity contribution in [3.05, 3.63) is 0 Å². The normalized spacial score (nSPS) is 24.1. The van der Waals surface area contributed by atoms with Crippen molar-refractivity contribution in [3.8, 4) is 0 Å². The number of rotatable bonds is 5. The smallest absolute Gasteiger partial charge is 0.326 e. The number of likely N-dealkylation sites (tertiary alicyclic amines) is 1. The first-order valence-electron chi connectivity index (χ1n) is 6.46. The van der Waals surface area contributed by atoms with Crippen LogP contribution in [0.25, 0.3) is 0 Å². The first kappa shape index (κ1) is 15.5. The van der Waals surface area contributed by atoms with Gasteiger partial charge in [0.25, 0.3) is 0 Å². The average molecular weight is 271 g/mol. The number of esters is 1. The molecule has 1 aliphatic heterocycles. The van der Waals surface area contributed by atoms with Crippen LogP contribution in [0.3, 0.4) is 0 Å². The fourth-order valence-corrected chi connectivity index (χ4v) is 2.37. The summed E-state index contributed by atoms with van der Waals surface area (Å²) in [6.07, 6.45) is 1.04. The Labute approximate surface area is 112 Å². The number of carboxylic acid groups (broad SMARTS) is 1. The zero-order chi connectivity index (χ0) is 14.6. The molecule has 1 rings (SSSR count). The summed E-state index contributed by atoms with van der Waals surface area (Å²) in [4.78, 5) is 35.8. The Kier molecular flexibility index (Phi) is 5.32. The standard InChI is InChI=1S/C13H21NO5/c1-8-6-10(13(17)18)14(7-8)12(16)9(2)4-5-11(15)19-3/h8-10H,4-7H2,1-3H3,(H,17,18)/t8?,9?,10-/m0/s1. The van der Waals surface area contributed by atoms with E-state index in [1.54, 1.807) is 6.92 Å². The minimum atomic E-state index is -0.960. The molecular formula is C13H21NO5. The Hall–Kier alpha value is -1.59. The molecule has 1 amide bonds. The van der Waals surface area contributed by atoms with Gasteiger partial charge in [0, 0.05) is 18.9 Å². The van der Waals surface area contributed by atoms with E-state index in [-0.39, 0.29) is 30.1 Å². The number of hydrogen-bond donors (Lipinski definition) is 1. The second-order valence-corrected chi connectivity index (χ2v) is 5.20. The van der Waals surface area contributed by atoms with E-state index in [1.807, 2.05) is 6.92 Å². The summed E-state index contributed by atoms with van der Waals surface area (Å²) in [6.45, 7) is 4.12. The maximum Gasteiger partial charge on any atom is 0.326 e. The lowest BCUT2D eigenvalue weighted by molar-refractivity contribution is -0.150. The summed E-state index contributed by atoms with van der Waals surface area (Å²) in [7, 11) is 1.30. The van der Waals surface area contributed by atoms with Gasteiger partial charge in [-0.25, -0.2) is 4.79 Å². The number of hydrogen-bond acceptors (Lipinski definition) is 4. The number of carbonyl (C=O) groups excluding carboxylic acids is 2. The lowest BCUT2D eigenvalue weighted by atomic mass is 10.0. The van der Waals surface area contributed by atoms with Gasteiger partial charge in [-0.15, -0.1) is 0 Å². The van der Waals surface area contributed by atoms with E-state index in [0.717, 1.165) is 0 Å². The second kappa shape index (κ2) is 6.54. The number of nitrogens with zero attached hydrogens (tertiary/aromatic N) is 1. The molecule has 0 spiro atoms. The Bertz CT molecular complexity index is 368. The van der Waals surface area contributed by atoms with Gasteiger partial charge >= 0.3 is 11.9 Å². The predicted octanol–water partition coefficient (Wildman–Crippen LogP) is 0.897. The highest BCUT2D eigenvalue weighted by Crippen LogP contribution is 2.25. The largest absolute Gasteiger partial charge is 0.480 e. The molecule has 19 heavy (non-hydrogen) atoms. The van der Waals surface area contributed by atoms with Crippen molar-refractivity contribution in [3.63, 3.8) is 0 Å². The molecule has 6 heteroatoms. The van der Waals surface area contributed by atoms with Crippen LogP contribution in [0.1, 0.15) is 33.1 Å². The van der Waals surface area contributed by atoms with E-state index in [1.165, 1.54) is 12.0 Å². The topological polar surface area (TPSA) is 83.9 Å². The van der Waals surface area contributed by atoms with Gasteiger partial charge < -0.3 is 14.7 Å². The number of carboxylic acids is 1. The minimum absolute atomic E-state index is 0.171. The number of methoxy groups -OCH3 is 1. The maximum absolute atomic E-state index is 12.2. The average Bonchev–Trinajstić information content (AvgIpc) is 2.76. The molecule has 6 nitrogen and oxygen atoms in total. The van der Waals surface area contributed by atoms with Crippen molar-refractivity contribution < 1.29 is 24.2 Å². The van der Waals surface area contributed by atoms with Crippen LogP contribution in [-0.4, -0.2) is 47.5 Å². The fraction of sp³-hybridized carbons (Fsp3) is 0.769. The van der Waals surface area contributed by atoms with Crippen molar-refractivity contribution in [2.75, 3.05) is 13.7 Å². The zero-order valence-corrected chi connectivity index (χ0v) is 11.6. The fourth-order valence-electron chi connectivity index (χ4n) is 2.37. The van der Waals surface area contributed by atoms with Gasteiger partial charge in [-0.3, -0.25) is 9.59 Å². The lowest BCUT2D eigenvalue weighted by Gasteiger charge is -2.24. The van der Waals surface area contributed by atoms with Crippen LogP contribution in [0.5, 0.6) is 0 Å². The van der Waals surface area contributed by atoms with E-state index in [0.29, 0.717) is 19.4 Å². The van der Waals surface area contributed by atoms with E-state index in [4.69, 9.17) is 5.11 Å². The quantitative estimate of drug-likeness (QED) is 0.751. The summed E-state index contributed by atoms with van der Waals surface area (Å²) < 4.78 is 4.52. The van der Waals surface area contributed by atoms with Crippen LogP contribution in [0.15, 0.2) is 0 Å². The molecule has 1 fully saturated rings. The van der Waals surface area contributed by atoms with Crippen LogP contribution < -0.4 is 0 Å². The predicted molar refractivity (Wildman–Crippen MR) is 67.3 cm³/mol. The number of amides is 1. The number of ether oxygens (including phenoxy) is 1. The molecule has 3 atom stereocenters. The molecular weight excluding hydrogens is 250 g/mol. The summed E-state index contributed by atoms with van der Waals surface area (Å²) in [6, 6.07) is -0.733. The molecule has 1 saturated heterocycles. The van der Waals surface area contributed by atoms with E-state index in [2.05, 4.69) is 4.74 Å². The van der Waals surface area contributed by atoms with E-state index < -0.39 is 12.0 Å². The van der Waals surface area contributed by atoms with Crippen molar-refractivity contribution in [2.45, 2.75) is 39.2 Å². The third kappa shape index (κ3) is 3.94. The van der Waals surface area contributed by atoms with E-state index in [9.17, 15) is 14.4 Å². The summed E-state index contributed by atoms with van der Waals surface area (Å²) in [5.41, 5.74) is 0. The van der Waals surface area contributed by atoms with Gasteiger partial charge in [0.2, 0.25) is 5.91 Å². The number of aliphatic carboxylic acids is 1. The molecule has 0 radical (unpaired) electrons. The Morgan fingerprint density at radius 3 is 2.58 bits per heavy atom. The Morgan fingerprint density at radius 1 is 1.42 bits per heavy atom. The molecule has 108 valence electrons. The molecule has 0 saturated carbocycles. The summed E-state index contributed by atoms with van der Waals surface area (Å²) in [5.74, 6) is -1.69. The third-order valence-corrected chi connectivity index (χ3v) is 3.51. The minimum Gasteiger partial charge on any atom is -0.480 e. The summed E-state index contributed by atoms with van der Waals surface area (Å²) in [5, 5.41) is 9.12. The molecule has 0 aliphatic carbocycles. The van der Waals surface area contributed by atoms with Crippen LogP contribution in [0.4, 0.5) is 0 Å². The maximum atomic E-state index is 12.2. The van der Waals surface area contributed by atoms with Crippen LogP contribution >= 0.6 is 0 Å². The van der Waals surface area contributed by atoms with Crippen molar-refractivity contribution in [1.82, 2.24) is 4.90 Å². The molecule has 1 heterocycles. The molecule has 1 N–H and O–H groups in total. The molecule has 2 unspecified atom stereocenters. The van der Waals surface area contributed by atoms with Gasteiger partial charge in [-0.05, 0) is 18.8 Å². The number of carbonyl (C=O) groups is 3. The van der Waals surface area contributed by atoms with Crippen LogP contribution in [0.2, 0.25) is 0 Å². The van der Waals surface area contributed by atoms with Gasteiger partial charge in [0.05, 0.1) is 7.11 Å². The van der Waals surface area contributed by atoms with Gasteiger partial charge in [0.15, 0.2) is 0 Å². The first-order chi connectivity index (χ1) is 8.86. The Balaban J connectivity index is 2.60. The summed E-state index contributed by atoms with van der Waals surface area (Å²) >= 11 is 0. The highest BCUT2D eigenvalue weighted by atomic mass is 16.5. The highest BCUT2D eigenvalue weighted by Gasteiger charge is 2.39. The van der Waals surface area contributed by atoms with Crippen LogP contribution in [0, 0.1) is 11.8 Å². The molecule has 0 aromatic carbocycles. The lowest BCUT2D eigenvalue weighted by Crippen LogP contribution is -2.43. The Morgan fingerprint density at radius 2 is 2.05 bits per heavy atom. The van der Waals surface area contributed by atoms with Crippen molar-refractivity contribution in [2.24, 2.45) is 11.8 Å². The van der Waals surface area contributed by atoms with Gasteiger partial charge in [-0.2, -0.15) is 0 Å². The van der Waals surface area contributed by atoms with Crippen molar-refractivity contribution >= 4 is 17.8 Å². The zero-order valence-electron chi connectivity index (χ0n) is 11.6. The first-order valence-corrected chi connectivity index (χ1v) is 6.46. The van der Waals surface area contributed by atoms with Crippen LogP contribution in [-0.2, 0) is 19.1 Å². The second-order valence-electron chi connectivity index (χ2n) is 5.20. The van der Waals surface area contributed by atoms with Gasteiger partial charge in [-0.1, -0.05) is 13.8 Å². The monoisotopic (exact) mass is 271 g/mol. The molecule has 1 aliphatic rings.